The highest BCUT2D eigenvalue weighted by molar-refractivity contribution is 5.84. The highest BCUT2D eigenvalue weighted by Gasteiger charge is 2.31. The predicted octanol–water partition coefficient (Wildman–Crippen LogP) is -0.324. The molecule has 1 atom stereocenters. The minimum Gasteiger partial charge on any atom is -0.408 e. The van der Waals surface area contributed by atoms with Crippen molar-refractivity contribution >= 4 is 11.9 Å². The molecule has 1 fully saturated rings. The van der Waals surface area contributed by atoms with Crippen LogP contribution in [0.2, 0.25) is 0 Å². The Morgan fingerprint density at radius 3 is 3.11 bits per heavy atom. The van der Waals surface area contributed by atoms with Gasteiger partial charge in [-0.2, -0.15) is 0 Å². The van der Waals surface area contributed by atoms with Crippen molar-refractivity contribution in [2.24, 2.45) is 5.73 Å². The molecular weight excluding hydrogens is 234 g/mol. The lowest BCUT2D eigenvalue weighted by molar-refractivity contribution is -0.122. The Labute approximate surface area is 106 Å². The smallest absolute Gasteiger partial charge is 0.318 e. The van der Waals surface area contributed by atoms with Gasteiger partial charge in [0.25, 0.3) is 0 Å². The number of hydrogen-bond acceptors (Lipinski definition) is 6. The van der Waals surface area contributed by atoms with E-state index in [1.807, 2.05) is 4.90 Å². The van der Waals surface area contributed by atoms with Gasteiger partial charge in [-0.15, -0.1) is 5.10 Å². The van der Waals surface area contributed by atoms with Gasteiger partial charge < -0.3 is 20.4 Å². The van der Waals surface area contributed by atoms with Crippen LogP contribution in [0, 0.1) is 0 Å². The van der Waals surface area contributed by atoms with Gasteiger partial charge in [0.05, 0.1) is 0 Å². The third-order valence-corrected chi connectivity index (χ3v) is 3.11. The maximum absolute atomic E-state index is 11.8. The molecule has 2 rings (SSSR count). The Morgan fingerprint density at radius 2 is 2.39 bits per heavy atom. The second-order valence-corrected chi connectivity index (χ2v) is 4.34. The summed E-state index contributed by atoms with van der Waals surface area (Å²) >= 11 is 0. The number of hydrogen-bond donors (Lipinski definition) is 2. The van der Waals surface area contributed by atoms with E-state index in [1.54, 1.807) is 7.05 Å². The van der Waals surface area contributed by atoms with Gasteiger partial charge in [0.2, 0.25) is 11.8 Å². The van der Waals surface area contributed by atoms with E-state index in [4.69, 9.17) is 10.2 Å². The topological polar surface area (TPSA) is 97.3 Å². The number of aromatic nitrogens is 2. The van der Waals surface area contributed by atoms with Crippen molar-refractivity contribution in [3.63, 3.8) is 0 Å². The summed E-state index contributed by atoms with van der Waals surface area (Å²) < 4.78 is 5.53. The number of rotatable bonds is 4. The highest BCUT2D eigenvalue weighted by atomic mass is 16.4. The van der Waals surface area contributed by atoms with Crippen LogP contribution in [-0.2, 0) is 11.2 Å². The number of likely N-dealkylation sites (N-methyl/N-ethyl adjacent to an activating group) is 1. The standard InChI is InChI=1S/C11H19N5O2/c1-13-10(17)8-4-2-3-7-16(8)11-15-14-9(18-11)5-6-12/h8H,2-7,12H2,1H3,(H,13,17). The van der Waals surface area contributed by atoms with Gasteiger partial charge in [-0.1, -0.05) is 5.10 Å². The molecule has 1 aromatic rings. The van der Waals surface area contributed by atoms with Crippen molar-refractivity contribution in [3.05, 3.63) is 5.89 Å². The summed E-state index contributed by atoms with van der Waals surface area (Å²) in [7, 11) is 1.64. The number of amides is 1. The van der Waals surface area contributed by atoms with Crippen LogP contribution >= 0.6 is 0 Å². The van der Waals surface area contributed by atoms with E-state index >= 15 is 0 Å². The molecule has 1 saturated heterocycles. The zero-order chi connectivity index (χ0) is 13.0. The van der Waals surface area contributed by atoms with Gasteiger partial charge in [0.15, 0.2) is 0 Å². The number of nitrogens with zero attached hydrogens (tertiary/aromatic N) is 3. The van der Waals surface area contributed by atoms with Crippen LogP contribution in [0.4, 0.5) is 6.01 Å². The number of nitrogens with two attached hydrogens (primary N) is 1. The number of anilines is 1. The van der Waals surface area contributed by atoms with Crippen LogP contribution in [0.1, 0.15) is 25.2 Å². The van der Waals surface area contributed by atoms with E-state index in [9.17, 15) is 4.79 Å². The van der Waals surface area contributed by atoms with Crippen molar-refractivity contribution < 1.29 is 9.21 Å². The fourth-order valence-corrected chi connectivity index (χ4v) is 2.19. The first kappa shape index (κ1) is 12.8. The Bertz CT molecular complexity index is 406. The molecule has 1 aromatic heterocycles. The molecule has 0 saturated carbocycles. The van der Waals surface area contributed by atoms with E-state index in [2.05, 4.69) is 15.5 Å². The van der Waals surface area contributed by atoms with E-state index in [0.29, 0.717) is 24.9 Å². The lowest BCUT2D eigenvalue weighted by Crippen LogP contribution is -2.49. The van der Waals surface area contributed by atoms with Crippen LogP contribution in [0.15, 0.2) is 4.42 Å². The zero-order valence-corrected chi connectivity index (χ0v) is 10.6. The van der Waals surface area contributed by atoms with Crippen molar-refractivity contribution in [1.29, 1.82) is 0 Å². The van der Waals surface area contributed by atoms with Crippen LogP contribution in [-0.4, -0.2) is 42.3 Å². The zero-order valence-electron chi connectivity index (χ0n) is 10.6. The molecule has 0 aromatic carbocycles. The molecule has 0 spiro atoms. The first-order valence-corrected chi connectivity index (χ1v) is 6.27. The van der Waals surface area contributed by atoms with Crippen LogP contribution < -0.4 is 16.0 Å². The summed E-state index contributed by atoms with van der Waals surface area (Å²) in [4.78, 5) is 13.7. The van der Waals surface area contributed by atoms with E-state index in [1.165, 1.54) is 0 Å². The van der Waals surface area contributed by atoms with Gasteiger partial charge >= 0.3 is 6.01 Å². The minimum absolute atomic E-state index is 0.00623. The van der Waals surface area contributed by atoms with Crippen molar-refractivity contribution in [2.45, 2.75) is 31.7 Å². The Balaban J connectivity index is 2.14. The summed E-state index contributed by atoms with van der Waals surface area (Å²) in [5.41, 5.74) is 5.44. The number of nitrogens with one attached hydrogen (secondary N) is 1. The Kier molecular flexibility index (Phi) is 4.14. The highest BCUT2D eigenvalue weighted by Crippen LogP contribution is 2.23. The lowest BCUT2D eigenvalue weighted by Gasteiger charge is -2.32. The number of carbonyl (C=O) groups is 1. The molecule has 0 aliphatic carbocycles. The second-order valence-electron chi connectivity index (χ2n) is 4.34. The molecule has 0 radical (unpaired) electrons. The summed E-state index contributed by atoms with van der Waals surface area (Å²) in [5.74, 6) is 0.516. The summed E-state index contributed by atoms with van der Waals surface area (Å²) in [6, 6.07) is 0.210. The molecule has 1 aliphatic heterocycles. The van der Waals surface area contributed by atoms with Crippen LogP contribution in [0.5, 0.6) is 0 Å². The maximum atomic E-state index is 11.8. The van der Waals surface area contributed by atoms with Gasteiger partial charge in [-0.05, 0) is 19.3 Å². The third kappa shape index (κ3) is 2.61. The molecule has 3 N–H and O–H groups in total. The Hall–Kier alpha value is -1.63. The van der Waals surface area contributed by atoms with Crippen LogP contribution in [0.25, 0.3) is 0 Å². The summed E-state index contributed by atoms with van der Waals surface area (Å²) in [6.45, 7) is 1.24. The molecule has 2 heterocycles. The predicted molar refractivity (Wildman–Crippen MR) is 66.1 cm³/mol. The quantitative estimate of drug-likeness (QED) is 0.763. The van der Waals surface area contributed by atoms with Gasteiger partial charge in [-0.25, -0.2) is 0 Å². The number of piperidine rings is 1. The normalized spacial score (nSPS) is 19.9. The van der Waals surface area contributed by atoms with E-state index < -0.39 is 0 Å². The molecule has 0 bridgehead atoms. The Morgan fingerprint density at radius 1 is 1.56 bits per heavy atom. The van der Waals surface area contributed by atoms with Crippen molar-refractivity contribution in [2.75, 3.05) is 25.0 Å². The molecule has 1 aliphatic rings. The van der Waals surface area contributed by atoms with Crippen molar-refractivity contribution in [1.82, 2.24) is 15.5 Å². The molecule has 1 unspecified atom stereocenters. The molecule has 7 heteroatoms. The average Bonchev–Trinajstić information content (AvgIpc) is 2.87. The largest absolute Gasteiger partial charge is 0.408 e. The fourth-order valence-electron chi connectivity index (χ4n) is 2.19. The third-order valence-electron chi connectivity index (χ3n) is 3.11. The lowest BCUT2D eigenvalue weighted by atomic mass is 10.0. The molecule has 100 valence electrons. The summed E-state index contributed by atoms with van der Waals surface area (Å²) in [6.07, 6.45) is 3.44. The molecule has 18 heavy (non-hydrogen) atoms. The average molecular weight is 253 g/mol. The fraction of sp³-hybridized carbons (Fsp3) is 0.727. The molecule has 1 amide bonds. The monoisotopic (exact) mass is 253 g/mol. The first-order valence-electron chi connectivity index (χ1n) is 6.27. The number of carbonyl (C=O) groups excluding carboxylic acids is 1. The SMILES string of the molecule is CNC(=O)C1CCCCN1c1nnc(CCN)o1. The minimum atomic E-state index is -0.213. The summed E-state index contributed by atoms with van der Waals surface area (Å²) in [5, 5.41) is 10.6. The second kappa shape index (κ2) is 5.81. The maximum Gasteiger partial charge on any atom is 0.318 e. The van der Waals surface area contributed by atoms with E-state index in [0.717, 1.165) is 25.8 Å². The first-order chi connectivity index (χ1) is 8.76. The molecule has 7 nitrogen and oxygen atoms in total. The molecular formula is C11H19N5O2. The van der Waals surface area contributed by atoms with Crippen molar-refractivity contribution in [3.8, 4) is 0 Å². The van der Waals surface area contributed by atoms with Gasteiger partial charge in [0, 0.05) is 26.6 Å². The van der Waals surface area contributed by atoms with Gasteiger partial charge in [-0.3, -0.25) is 4.79 Å². The van der Waals surface area contributed by atoms with Gasteiger partial charge in [0.1, 0.15) is 6.04 Å². The van der Waals surface area contributed by atoms with E-state index in [-0.39, 0.29) is 11.9 Å². The van der Waals surface area contributed by atoms with Crippen LogP contribution in [0.3, 0.4) is 0 Å².